The van der Waals surface area contributed by atoms with E-state index in [0.717, 1.165) is 6.08 Å². The van der Waals surface area contributed by atoms with Crippen LogP contribution in [0.25, 0.3) is 0 Å². The van der Waals surface area contributed by atoms with Crippen LogP contribution in [-0.2, 0) is 19.1 Å². The molecule has 9 nitrogen and oxygen atoms in total. The number of hydrogen-bond donors (Lipinski definition) is 3. The number of carboxylic acid groups (broad SMARTS) is 2. The van der Waals surface area contributed by atoms with E-state index in [1.54, 1.807) is 13.8 Å². The van der Waals surface area contributed by atoms with E-state index in [0.29, 0.717) is 6.54 Å². The van der Waals surface area contributed by atoms with Crippen LogP contribution >= 0.6 is 0 Å². The number of nitrogens with one attached hydrogen (secondary N) is 1. The number of nitrogens with zero attached hydrogens (tertiary/aromatic N) is 1. The van der Waals surface area contributed by atoms with Crippen molar-refractivity contribution in [2.45, 2.75) is 13.8 Å². The van der Waals surface area contributed by atoms with Crippen LogP contribution in [0.15, 0.2) is 29.9 Å². The van der Waals surface area contributed by atoms with Crippen molar-refractivity contribution in [2.75, 3.05) is 13.2 Å². The van der Waals surface area contributed by atoms with Crippen molar-refractivity contribution < 1.29 is 34.1 Å². The lowest BCUT2D eigenvalue weighted by molar-refractivity contribution is -0.133. The molecule has 0 aromatic rings. The van der Waals surface area contributed by atoms with Gasteiger partial charge in [0.25, 0.3) is 0 Å². The molecule has 3 N–H and O–H groups in total. The molecule has 9 heteroatoms. The molecule has 0 saturated carbocycles. The van der Waals surface area contributed by atoms with Gasteiger partial charge in [-0.05, 0) is 13.8 Å². The summed E-state index contributed by atoms with van der Waals surface area (Å²) in [6.07, 6.45) is 1.42. The van der Waals surface area contributed by atoms with E-state index in [9.17, 15) is 14.4 Å². The Labute approximate surface area is 121 Å². The van der Waals surface area contributed by atoms with Gasteiger partial charge in [-0.25, -0.2) is 24.2 Å². The van der Waals surface area contributed by atoms with Crippen LogP contribution in [0.1, 0.15) is 13.8 Å². The molecule has 118 valence electrons. The Kier molecular flexibility index (Phi) is 18.8. The van der Waals surface area contributed by atoms with Crippen molar-refractivity contribution in [3.05, 3.63) is 24.9 Å². The van der Waals surface area contributed by atoms with Crippen LogP contribution in [0.3, 0.4) is 0 Å². The normalized spacial score (nSPS) is 7.33. The van der Waals surface area contributed by atoms with Gasteiger partial charge in [-0.15, -0.1) is 0 Å². The van der Waals surface area contributed by atoms with Gasteiger partial charge in [-0.1, -0.05) is 13.2 Å². The molecule has 0 radical (unpaired) electrons. The summed E-state index contributed by atoms with van der Waals surface area (Å²) in [7, 11) is 0. The molecule has 1 amide bonds. The van der Waals surface area contributed by atoms with Gasteiger partial charge >= 0.3 is 18.0 Å². The molecule has 0 unspecified atom stereocenters. The number of carbonyl (C=O) groups is 3. The maximum absolute atomic E-state index is 10.5. The molecular weight excluding hydrogens is 284 g/mol. The summed E-state index contributed by atoms with van der Waals surface area (Å²) in [5.74, 6) is -2.26. The lowest BCUT2D eigenvalue weighted by Gasteiger charge is -2.02. The molecule has 0 aromatic heterocycles. The second-order valence-electron chi connectivity index (χ2n) is 2.74. The molecule has 21 heavy (non-hydrogen) atoms. The highest BCUT2D eigenvalue weighted by atomic mass is 16.5. The molecule has 0 bridgehead atoms. The van der Waals surface area contributed by atoms with Crippen LogP contribution in [0.5, 0.6) is 0 Å². The van der Waals surface area contributed by atoms with E-state index in [4.69, 9.17) is 15.0 Å². The number of aliphatic imine (C=N–C) groups is 1. The van der Waals surface area contributed by atoms with Gasteiger partial charge in [0.05, 0.1) is 6.61 Å². The molecule has 0 aliphatic heterocycles. The van der Waals surface area contributed by atoms with Crippen LogP contribution in [0.4, 0.5) is 4.79 Å². The highest BCUT2D eigenvalue weighted by Crippen LogP contribution is 1.85. The van der Waals surface area contributed by atoms with E-state index < -0.39 is 23.7 Å². The van der Waals surface area contributed by atoms with Crippen LogP contribution in [-0.4, -0.2) is 47.5 Å². The summed E-state index contributed by atoms with van der Waals surface area (Å²) in [6, 6.07) is 0. The van der Waals surface area contributed by atoms with Gasteiger partial charge in [0.15, 0.2) is 0 Å². The Morgan fingerprint density at radius 3 is 2.00 bits per heavy atom. The number of alkyl carbamates (subject to hydrolysis) is 1. The second kappa shape index (κ2) is 17.1. The minimum absolute atomic E-state index is 0.193. The molecule has 0 rings (SSSR count). The standard InChI is InChI=1S/C6H9NO4.C3H5NO.C3H4O2/c1-3-11-6(10)7-4(2)5(8)9;1-2-4-3-5;1-2-3(4)5/h2-3H2,1H3,(H,7,10)(H,8,9);2H2,1H3;2H,1H2,(H,4,5). The summed E-state index contributed by atoms with van der Waals surface area (Å²) in [4.78, 5) is 42.1. The monoisotopic (exact) mass is 302 g/mol. The number of carbonyl (C=O) groups excluding carboxylic acids is 2. The van der Waals surface area contributed by atoms with Crippen LogP contribution < -0.4 is 5.32 Å². The van der Waals surface area contributed by atoms with E-state index in [-0.39, 0.29) is 6.61 Å². The number of carboxylic acids is 2. The average Bonchev–Trinajstić information content (AvgIpc) is 2.41. The molecule has 0 saturated heterocycles. The molecule has 0 spiro atoms. The van der Waals surface area contributed by atoms with Gasteiger partial charge in [0.2, 0.25) is 6.08 Å². The van der Waals surface area contributed by atoms with Gasteiger partial charge in [0, 0.05) is 12.6 Å². The third-order valence-electron chi connectivity index (χ3n) is 1.18. The van der Waals surface area contributed by atoms with Gasteiger partial charge < -0.3 is 14.9 Å². The van der Waals surface area contributed by atoms with Crippen molar-refractivity contribution in [1.82, 2.24) is 5.32 Å². The molecule has 0 atom stereocenters. The van der Waals surface area contributed by atoms with Crippen molar-refractivity contribution >= 4 is 24.1 Å². The fourth-order valence-corrected chi connectivity index (χ4v) is 0.408. The Morgan fingerprint density at radius 2 is 1.81 bits per heavy atom. The first-order valence-electron chi connectivity index (χ1n) is 5.51. The molecule has 0 aliphatic carbocycles. The maximum Gasteiger partial charge on any atom is 0.411 e. The third-order valence-corrected chi connectivity index (χ3v) is 1.18. The topological polar surface area (TPSA) is 142 Å². The minimum atomic E-state index is -1.28. The van der Waals surface area contributed by atoms with Crippen molar-refractivity contribution in [3.63, 3.8) is 0 Å². The van der Waals surface area contributed by atoms with Crippen molar-refractivity contribution in [1.29, 1.82) is 0 Å². The Hall–Kier alpha value is -2.93. The Balaban J connectivity index is -0.000000270. The predicted octanol–water partition coefficient (Wildman–Crippen LogP) is 0.930. The number of amides is 1. The summed E-state index contributed by atoms with van der Waals surface area (Å²) in [5.41, 5.74) is -0.400. The quantitative estimate of drug-likeness (QED) is 0.389. The number of rotatable bonds is 5. The van der Waals surface area contributed by atoms with E-state index in [1.165, 1.54) is 6.08 Å². The maximum atomic E-state index is 10.5. The summed E-state index contributed by atoms with van der Waals surface area (Å²) in [6.45, 7) is 10.2. The number of aliphatic carboxylic acids is 2. The summed E-state index contributed by atoms with van der Waals surface area (Å²) >= 11 is 0. The van der Waals surface area contributed by atoms with Crippen molar-refractivity contribution in [2.24, 2.45) is 4.99 Å². The SMILES string of the molecule is C=C(NC(=O)OCC)C(=O)O.C=CC(=O)O.CCN=C=O. The fraction of sp³-hybridized carbons (Fsp3) is 0.333. The highest BCUT2D eigenvalue weighted by molar-refractivity contribution is 5.89. The largest absolute Gasteiger partial charge is 0.478 e. The van der Waals surface area contributed by atoms with E-state index >= 15 is 0 Å². The molecule has 0 aromatic carbocycles. The minimum Gasteiger partial charge on any atom is -0.478 e. The first-order valence-corrected chi connectivity index (χ1v) is 5.51. The first kappa shape index (κ1) is 23.2. The lowest BCUT2D eigenvalue weighted by Crippen LogP contribution is -2.27. The van der Waals surface area contributed by atoms with Gasteiger partial charge in [0.1, 0.15) is 5.70 Å². The average molecular weight is 302 g/mol. The predicted molar refractivity (Wildman–Crippen MR) is 73.4 cm³/mol. The third kappa shape index (κ3) is 26.6. The number of hydrogen-bond acceptors (Lipinski definition) is 6. The molecular formula is C12H18N2O7. The summed E-state index contributed by atoms with van der Waals surface area (Å²) in [5, 5.41) is 17.8. The zero-order chi connectivity index (χ0) is 17.3. The summed E-state index contributed by atoms with van der Waals surface area (Å²) < 4.78 is 4.39. The second-order valence-corrected chi connectivity index (χ2v) is 2.74. The number of ether oxygens (including phenoxy) is 1. The number of isocyanates is 1. The highest BCUT2D eigenvalue weighted by Gasteiger charge is 2.07. The van der Waals surface area contributed by atoms with Crippen LogP contribution in [0.2, 0.25) is 0 Å². The van der Waals surface area contributed by atoms with Crippen molar-refractivity contribution in [3.8, 4) is 0 Å². The van der Waals surface area contributed by atoms with E-state index in [1.807, 2.05) is 5.32 Å². The lowest BCUT2D eigenvalue weighted by atomic mass is 10.5. The van der Waals surface area contributed by atoms with Gasteiger partial charge in [-0.2, -0.15) is 0 Å². The Bertz CT molecular complexity index is 412. The van der Waals surface area contributed by atoms with Crippen LogP contribution in [0, 0.1) is 0 Å². The zero-order valence-electron chi connectivity index (χ0n) is 11.8. The van der Waals surface area contributed by atoms with Gasteiger partial charge in [-0.3, -0.25) is 5.32 Å². The molecule has 0 heterocycles. The molecule has 0 fully saturated rings. The first-order chi connectivity index (χ1) is 9.76. The fourth-order valence-electron chi connectivity index (χ4n) is 0.408. The zero-order valence-corrected chi connectivity index (χ0v) is 11.8. The smallest absolute Gasteiger partial charge is 0.411 e. The molecule has 0 aliphatic rings. The Morgan fingerprint density at radius 1 is 1.33 bits per heavy atom. The van der Waals surface area contributed by atoms with E-state index in [2.05, 4.69) is 22.9 Å².